The van der Waals surface area contributed by atoms with E-state index in [0.29, 0.717) is 35.3 Å². The Labute approximate surface area is 173 Å². The molecular formula is C21H20ClN3O4. The molecule has 3 aromatic rings. The Bertz CT molecular complexity index is 941. The molecule has 150 valence electrons. The van der Waals surface area contributed by atoms with E-state index in [1.807, 2.05) is 0 Å². The van der Waals surface area contributed by atoms with E-state index in [9.17, 15) is 9.59 Å². The number of carbonyl (C=O) groups excluding carboxylic acids is 2. The predicted molar refractivity (Wildman–Crippen MR) is 112 cm³/mol. The molecule has 1 aromatic heterocycles. The van der Waals surface area contributed by atoms with Crippen LogP contribution < -0.4 is 15.4 Å². The molecule has 0 aliphatic heterocycles. The summed E-state index contributed by atoms with van der Waals surface area (Å²) >= 11 is 5.83. The number of benzene rings is 2. The standard InChI is InChI=1S/C21H20ClN3O4/c1-25(12-14-28-18-10-4-15(22)5-11-18)21(27)24-17-8-6-16(7-9-17)23-20(26)19-3-2-13-29-19/h2-11,13H,12,14H2,1H3,(H,23,26)(H,24,27). The first-order chi connectivity index (χ1) is 14.0. The fraction of sp³-hybridized carbons (Fsp3) is 0.143. The minimum Gasteiger partial charge on any atom is -0.492 e. The van der Waals surface area contributed by atoms with Crippen LogP contribution in [0.25, 0.3) is 0 Å². The molecule has 7 nitrogen and oxygen atoms in total. The molecule has 1 heterocycles. The zero-order valence-electron chi connectivity index (χ0n) is 15.7. The highest BCUT2D eigenvalue weighted by molar-refractivity contribution is 6.30. The van der Waals surface area contributed by atoms with Crippen LogP contribution in [0.15, 0.2) is 71.3 Å². The molecule has 0 radical (unpaired) electrons. The molecular weight excluding hydrogens is 394 g/mol. The summed E-state index contributed by atoms with van der Waals surface area (Å²) in [6.45, 7) is 0.759. The smallest absolute Gasteiger partial charge is 0.321 e. The van der Waals surface area contributed by atoms with Gasteiger partial charge in [0.25, 0.3) is 5.91 Å². The van der Waals surface area contributed by atoms with E-state index in [-0.39, 0.29) is 17.7 Å². The lowest BCUT2D eigenvalue weighted by atomic mass is 10.2. The molecule has 0 saturated heterocycles. The van der Waals surface area contributed by atoms with Crippen molar-refractivity contribution >= 4 is 34.9 Å². The molecule has 0 spiro atoms. The summed E-state index contributed by atoms with van der Waals surface area (Å²) in [5.41, 5.74) is 1.20. The number of urea groups is 1. The van der Waals surface area contributed by atoms with Crippen molar-refractivity contribution in [2.75, 3.05) is 30.8 Å². The van der Waals surface area contributed by atoms with Crippen molar-refractivity contribution in [3.05, 3.63) is 77.7 Å². The average Bonchev–Trinajstić information content (AvgIpc) is 3.26. The maximum absolute atomic E-state index is 12.3. The minimum atomic E-state index is -0.341. The number of nitrogens with one attached hydrogen (secondary N) is 2. The Kier molecular flexibility index (Phi) is 6.76. The summed E-state index contributed by atoms with van der Waals surface area (Å²) in [6, 6.07) is 16.8. The molecule has 29 heavy (non-hydrogen) atoms. The quantitative estimate of drug-likeness (QED) is 0.586. The van der Waals surface area contributed by atoms with Gasteiger partial charge in [0, 0.05) is 23.4 Å². The van der Waals surface area contributed by atoms with Crippen LogP contribution in [0.5, 0.6) is 5.75 Å². The molecule has 0 aliphatic carbocycles. The molecule has 0 atom stereocenters. The number of amides is 3. The van der Waals surface area contributed by atoms with Crippen LogP contribution in [-0.2, 0) is 0 Å². The Hall–Kier alpha value is -3.45. The first kappa shape index (κ1) is 20.3. The van der Waals surface area contributed by atoms with E-state index >= 15 is 0 Å². The number of furan rings is 1. The molecule has 3 amide bonds. The average molecular weight is 414 g/mol. The first-order valence-electron chi connectivity index (χ1n) is 8.86. The molecule has 0 saturated carbocycles. The van der Waals surface area contributed by atoms with Crippen LogP contribution in [0.4, 0.5) is 16.2 Å². The molecule has 2 aromatic carbocycles. The molecule has 0 bridgehead atoms. The fourth-order valence-electron chi connectivity index (χ4n) is 2.39. The summed E-state index contributed by atoms with van der Waals surface area (Å²) in [7, 11) is 1.68. The zero-order valence-corrected chi connectivity index (χ0v) is 16.5. The van der Waals surface area contributed by atoms with E-state index in [1.54, 1.807) is 67.7 Å². The van der Waals surface area contributed by atoms with Gasteiger partial charge in [-0.1, -0.05) is 11.6 Å². The second-order valence-corrected chi connectivity index (χ2v) is 6.60. The van der Waals surface area contributed by atoms with Crippen molar-refractivity contribution < 1.29 is 18.7 Å². The van der Waals surface area contributed by atoms with Gasteiger partial charge in [-0.05, 0) is 60.7 Å². The van der Waals surface area contributed by atoms with Crippen molar-refractivity contribution in [2.45, 2.75) is 0 Å². The van der Waals surface area contributed by atoms with Crippen LogP contribution in [0.3, 0.4) is 0 Å². The maximum Gasteiger partial charge on any atom is 0.321 e. The third kappa shape index (κ3) is 6.02. The number of ether oxygens (including phenoxy) is 1. The fourth-order valence-corrected chi connectivity index (χ4v) is 2.52. The Morgan fingerprint density at radius 1 is 1.00 bits per heavy atom. The van der Waals surface area contributed by atoms with Gasteiger partial charge in [0.15, 0.2) is 5.76 Å². The normalized spacial score (nSPS) is 10.3. The van der Waals surface area contributed by atoms with Gasteiger partial charge in [-0.3, -0.25) is 4.79 Å². The van der Waals surface area contributed by atoms with Crippen LogP contribution in [0.1, 0.15) is 10.6 Å². The van der Waals surface area contributed by atoms with Gasteiger partial charge < -0.3 is 24.7 Å². The minimum absolute atomic E-state index is 0.227. The van der Waals surface area contributed by atoms with E-state index < -0.39 is 0 Å². The van der Waals surface area contributed by atoms with Gasteiger partial charge in [0.2, 0.25) is 0 Å². The lowest BCUT2D eigenvalue weighted by Crippen LogP contribution is -2.34. The topological polar surface area (TPSA) is 83.8 Å². The lowest BCUT2D eigenvalue weighted by molar-refractivity contribution is 0.0996. The van der Waals surface area contributed by atoms with Gasteiger partial charge in [-0.15, -0.1) is 0 Å². The monoisotopic (exact) mass is 413 g/mol. The Morgan fingerprint density at radius 3 is 2.28 bits per heavy atom. The van der Waals surface area contributed by atoms with Gasteiger partial charge in [0.1, 0.15) is 12.4 Å². The van der Waals surface area contributed by atoms with Crippen molar-refractivity contribution in [2.24, 2.45) is 0 Å². The third-order valence-electron chi connectivity index (χ3n) is 3.99. The van der Waals surface area contributed by atoms with Crippen molar-refractivity contribution in [1.29, 1.82) is 0 Å². The van der Waals surface area contributed by atoms with Crippen LogP contribution in [0, 0.1) is 0 Å². The summed E-state index contributed by atoms with van der Waals surface area (Å²) < 4.78 is 10.6. The van der Waals surface area contributed by atoms with E-state index in [2.05, 4.69) is 10.6 Å². The Morgan fingerprint density at radius 2 is 1.66 bits per heavy atom. The molecule has 0 fully saturated rings. The molecule has 2 N–H and O–H groups in total. The lowest BCUT2D eigenvalue weighted by Gasteiger charge is -2.18. The SMILES string of the molecule is CN(CCOc1ccc(Cl)cc1)C(=O)Nc1ccc(NC(=O)c2ccco2)cc1. The highest BCUT2D eigenvalue weighted by Gasteiger charge is 2.11. The number of nitrogens with zero attached hydrogens (tertiary/aromatic N) is 1. The second kappa shape index (κ2) is 9.66. The van der Waals surface area contributed by atoms with Gasteiger partial charge in [-0.2, -0.15) is 0 Å². The molecule has 0 aliphatic rings. The number of rotatable bonds is 7. The molecule has 8 heteroatoms. The Balaban J connectivity index is 1.44. The molecule has 0 unspecified atom stereocenters. The first-order valence-corrected chi connectivity index (χ1v) is 9.24. The van der Waals surface area contributed by atoms with E-state index in [4.69, 9.17) is 20.8 Å². The largest absolute Gasteiger partial charge is 0.492 e. The third-order valence-corrected chi connectivity index (χ3v) is 4.25. The maximum atomic E-state index is 12.3. The number of anilines is 2. The van der Waals surface area contributed by atoms with Crippen molar-refractivity contribution in [1.82, 2.24) is 4.90 Å². The van der Waals surface area contributed by atoms with Gasteiger partial charge >= 0.3 is 6.03 Å². The zero-order chi connectivity index (χ0) is 20.6. The van der Waals surface area contributed by atoms with Crippen LogP contribution in [0.2, 0.25) is 5.02 Å². The highest BCUT2D eigenvalue weighted by Crippen LogP contribution is 2.16. The summed E-state index contributed by atoms with van der Waals surface area (Å²) in [4.78, 5) is 25.7. The molecule has 3 rings (SSSR count). The van der Waals surface area contributed by atoms with Crippen LogP contribution in [-0.4, -0.2) is 37.0 Å². The van der Waals surface area contributed by atoms with Gasteiger partial charge in [-0.25, -0.2) is 4.79 Å². The number of hydrogen-bond donors (Lipinski definition) is 2. The highest BCUT2D eigenvalue weighted by atomic mass is 35.5. The number of halogens is 1. The second-order valence-electron chi connectivity index (χ2n) is 6.16. The van der Waals surface area contributed by atoms with Crippen molar-refractivity contribution in [3.8, 4) is 5.75 Å². The van der Waals surface area contributed by atoms with Crippen LogP contribution >= 0.6 is 11.6 Å². The van der Waals surface area contributed by atoms with E-state index in [0.717, 1.165) is 0 Å². The predicted octanol–water partition coefficient (Wildman–Crippen LogP) is 4.73. The number of likely N-dealkylation sites (N-methyl/N-ethyl adjacent to an activating group) is 1. The summed E-state index contributed by atoms with van der Waals surface area (Å²) in [5, 5.41) is 6.14. The summed E-state index contributed by atoms with van der Waals surface area (Å²) in [5.74, 6) is 0.576. The van der Waals surface area contributed by atoms with E-state index in [1.165, 1.54) is 11.2 Å². The van der Waals surface area contributed by atoms with Crippen molar-refractivity contribution in [3.63, 3.8) is 0 Å². The number of carbonyl (C=O) groups is 2. The number of hydrogen-bond acceptors (Lipinski definition) is 4. The summed E-state index contributed by atoms with van der Waals surface area (Å²) in [6.07, 6.45) is 1.44. The van der Waals surface area contributed by atoms with Gasteiger partial charge in [0.05, 0.1) is 12.8 Å².